The second-order valence-corrected chi connectivity index (χ2v) is 5.74. The molecule has 1 aliphatic carbocycles. The molecule has 1 aromatic rings. The highest BCUT2D eigenvalue weighted by Gasteiger charge is 2.22. The molecule has 1 N–H and O–H groups in total. The summed E-state index contributed by atoms with van der Waals surface area (Å²) < 4.78 is 2.00. The smallest absolute Gasteiger partial charge is 0.0537 e. The summed E-state index contributed by atoms with van der Waals surface area (Å²) in [5.41, 5.74) is 1.31. The molecule has 1 saturated carbocycles. The Morgan fingerprint density at radius 1 is 1.39 bits per heavy atom. The van der Waals surface area contributed by atoms with Gasteiger partial charge in [0.15, 0.2) is 0 Å². The van der Waals surface area contributed by atoms with E-state index in [1.54, 1.807) is 0 Å². The van der Waals surface area contributed by atoms with Crippen LogP contribution < -0.4 is 5.32 Å². The van der Waals surface area contributed by atoms with Gasteiger partial charge in [-0.05, 0) is 32.6 Å². The van der Waals surface area contributed by atoms with E-state index in [0.717, 1.165) is 12.5 Å². The van der Waals surface area contributed by atoms with E-state index in [0.29, 0.717) is 12.1 Å². The van der Waals surface area contributed by atoms with Crippen LogP contribution >= 0.6 is 0 Å². The number of nitrogens with one attached hydrogen (secondary N) is 1. The van der Waals surface area contributed by atoms with Crippen molar-refractivity contribution in [3.8, 4) is 0 Å². The lowest BCUT2D eigenvalue weighted by atomic mass is 9.95. The third-order valence-electron chi connectivity index (χ3n) is 4.30. The Bertz CT molecular complexity index is 358. The Balaban J connectivity index is 1.94. The fraction of sp³-hybridized carbons (Fsp3) is 0.800. The topological polar surface area (TPSA) is 29.9 Å². The van der Waals surface area contributed by atoms with Crippen LogP contribution in [0.1, 0.15) is 64.5 Å². The van der Waals surface area contributed by atoms with Crippen LogP contribution in [0.3, 0.4) is 0 Å². The summed E-state index contributed by atoms with van der Waals surface area (Å²) in [5, 5.41) is 8.17. The van der Waals surface area contributed by atoms with Gasteiger partial charge in [0.1, 0.15) is 0 Å². The number of hydrogen-bond acceptors (Lipinski definition) is 2. The quantitative estimate of drug-likeness (QED) is 0.827. The molecule has 18 heavy (non-hydrogen) atoms. The lowest BCUT2D eigenvalue weighted by Gasteiger charge is -2.26. The van der Waals surface area contributed by atoms with Crippen LogP contribution in [0.5, 0.6) is 0 Å². The van der Waals surface area contributed by atoms with E-state index in [2.05, 4.69) is 37.4 Å². The minimum Gasteiger partial charge on any atom is -0.307 e. The van der Waals surface area contributed by atoms with Crippen molar-refractivity contribution in [3.63, 3.8) is 0 Å². The second kappa shape index (κ2) is 6.37. The number of aryl methyl sites for hydroxylation is 1. The SMILES string of the molecule is CCn1cc(C(C)NC2CCCCCC2C)cn1. The zero-order valence-electron chi connectivity index (χ0n) is 12.0. The first kappa shape index (κ1) is 13.6. The van der Waals surface area contributed by atoms with E-state index in [9.17, 15) is 0 Å². The van der Waals surface area contributed by atoms with Crippen LogP contribution in [0, 0.1) is 5.92 Å². The van der Waals surface area contributed by atoms with E-state index in [-0.39, 0.29) is 0 Å². The van der Waals surface area contributed by atoms with E-state index in [4.69, 9.17) is 0 Å². The number of nitrogens with zero attached hydrogens (tertiary/aromatic N) is 2. The third kappa shape index (κ3) is 3.35. The zero-order valence-corrected chi connectivity index (χ0v) is 12.0. The molecular formula is C15H27N3. The molecule has 0 bridgehead atoms. The first-order valence-corrected chi connectivity index (χ1v) is 7.49. The molecule has 1 aromatic heterocycles. The van der Waals surface area contributed by atoms with Crippen molar-refractivity contribution in [2.45, 2.75) is 71.5 Å². The molecule has 0 radical (unpaired) electrons. The maximum atomic E-state index is 4.36. The first-order chi connectivity index (χ1) is 8.70. The van der Waals surface area contributed by atoms with Crippen LogP contribution in [0.15, 0.2) is 12.4 Å². The molecular weight excluding hydrogens is 222 g/mol. The minimum absolute atomic E-state index is 0.413. The molecule has 0 amide bonds. The van der Waals surface area contributed by atoms with Crippen LogP contribution in [-0.4, -0.2) is 15.8 Å². The van der Waals surface area contributed by atoms with E-state index >= 15 is 0 Å². The summed E-state index contributed by atoms with van der Waals surface area (Å²) in [5.74, 6) is 0.802. The Kier molecular flexibility index (Phi) is 4.81. The van der Waals surface area contributed by atoms with Crippen LogP contribution in [-0.2, 0) is 6.54 Å². The predicted molar refractivity (Wildman–Crippen MR) is 75.5 cm³/mol. The highest BCUT2D eigenvalue weighted by atomic mass is 15.3. The van der Waals surface area contributed by atoms with Gasteiger partial charge in [0, 0.05) is 30.4 Å². The fourth-order valence-corrected chi connectivity index (χ4v) is 2.93. The number of hydrogen-bond donors (Lipinski definition) is 1. The summed E-state index contributed by atoms with van der Waals surface area (Å²) >= 11 is 0. The summed E-state index contributed by atoms with van der Waals surface area (Å²) in [4.78, 5) is 0. The molecule has 3 nitrogen and oxygen atoms in total. The normalized spacial score (nSPS) is 26.8. The van der Waals surface area contributed by atoms with Gasteiger partial charge in [0.25, 0.3) is 0 Å². The second-order valence-electron chi connectivity index (χ2n) is 5.74. The average Bonchev–Trinajstić information content (AvgIpc) is 2.77. The molecule has 0 aromatic carbocycles. The lowest BCUT2D eigenvalue weighted by Crippen LogP contribution is -2.36. The minimum atomic E-state index is 0.413. The molecule has 3 atom stereocenters. The molecule has 1 fully saturated rings. The molecule has 3 heteroatoms. The van der Waals surface area contributed by atoms with Crippen molar-refractivity contribution in [1.82, 2.24) is 15.1 Å². The van der Waals surface area contributed by atoms with Gasteiger partial charge >= 0.3 is 0 Å². The maximum absolute atomic E-state index is 4.36. The summed E-state index contributed by atoms with van der Waals surface area (Å²) in [6.07, 6.45) is 11.1. The van der Waals surface area contributed by atoms with Gasteiger partial charge in [-0.25, -0.2) is 0 Å². The predicted octanol–water partition coefficient (Wildman–Crippen LogP) is 3.52. The van der Waals surface area contributed by atoms with Gasteiger partial charge in [-0.3, -0.25) is 4.68 Å². The Morgan fingerprint density at radius 3 is 2.89 bits per heavy atom. The van der Waals surface area contributed by atoms with Crippen molar-refractivity contribution in [1.29, 1.82) is 0 Å². The van der Waals surface area contributed by atoms with E-state index in [1.165, 1.54) is 37.7 Å². The van der Waals surface area contributed by atoms with E-state index in [1.807, 2.05) is 10.9 Å². The lowest BCUT2D eigenvalue weighted by molar-refractivity contribution is 0.330. The summed E-state index contributed by atoms with van der Waals surface area (Å²) in [6.45, 7) is 7.73. The number of rotatable bonds is 4. The van der Waals surface area contributed by atoms with Crippen LogP contribution in [0.25, 0.3) is 0 Å². The monoisotopic (exact) mass is 249 g/mol. The highest BCUT2D eigenvalue weighted by molar-refractivity contribution is 5.09. The molecule has 0 saturated heterocycles. The zero-order chi connectivity index (χ0) is 13.0. The molecule has 0 aliphatic heterocycles. The van der Waals surface area contributed by atoms with Gasteiger partial charge in [0.2, 0.25) is 0 Å². The van der Waals surface area contributed by atoms with Crippen molar-refractivity contribution >= 4 is 0 Å². The standard InChI is InChI=1S/C15H27N3/c1-4-18-11-14(10-16-18)13(3)17-15-9-7-5-6-8-12(15)2/h10-13,15,17H,4-9H2,1-3H3. The summed E-state index contributed by atoms with van der Waals surface area (Å²) in [6, 6.07) is 1.09. The number of aromatic nitrogens is 2. The van der Waals surface area contributed by atoms with Gasteiger partial charge in [-0.2, -0.15) is 5.10 Å². The largest absolute Gasteiger partial charge is 0.307 e. The Labute approximate surface area is 111 Å². The Hall–Kier alpha value is -0.830. The third-order valence-corrected chi connectivity index (χ3v) is 4.30. The average molecular weight is 249 g/mol. The molecule has 1 heterocycles. The fourth-order valence-electron chi connectivity index (χ4n) is 2.93. The van der Waals surface area contributed by atoms with Gasteiger partial charge < -0.3 is 5.32 Å². The van der Waals surface area contributed by atoms with Crippen molar-refractivity contribution < 1.29 is 0 Å². The van der Waals surface area contributed by atoms with Gasteiger partial charge in [-0.1, -0.05) is 26.2 Å². The molecule has 102 valence electrons. The summed E-state index contributed by atoms with van der Waals surface area (Å²) in [7, 11) is 0. The molecule has 1 aliphatic rings. The van der Waals surface area contributed by atoms with Crippen molar-refractivity contribution in [2.75, 3.05) is 0 Å². The van der Waals surface area contributed by atoms with Crippen molar-refractivity contribution in [3.05, 3.63) is 18.0 Å². The molecule has 2 rings (SSSR count). The molecule has 0 spiro atoms. The van der Waals surface area contributed by atoms with Crippen molar-refractivity contribution in [2.24, 2.45) is 5.92 Å². The maximum Gasteiger partial charge on any atom is 0.0537 e. The van der Waals surface area contributed by atoms with Crippen LogP contribution in [0.2, 0.25) is 0 Å². The first-order valence-electron chi connectivity index (χ1n) is 7.49. The van der Waals surface area contributed by atoms with Gasteiger partial charge in [-0.15, -0.1) is 0 Å². The highest BCUT2D eigenvalue weighted by Crippen LogP contribution is 2.25. The van der Waals surface area contributed by atoms with Crippen LogP contribution in [0.4, 0.5) is 0 Å². The van der Waals surface area contributed by atoms with Gasteiger partial charge in [0.05, 0.1) is 6.20 Å². The Morgan fingerprint density at radius 2 is 2.17 bits per heavy atom. The molecule has 3 unspecified atom stereocenters. The van der Waals surface area contributed by atoms with E-state index < -0.39 is 0 Å².